The first-order chi connectivity index (χ1) is 7.86. The van der Waals surface area contributed by atoms with Crippen molar-refractivity contribution < 1.29 is 4.79 Å². The molecule has 1 heterocycles. The molecule has 80 valence electrons. The van der Waals surface area contributed by atoms with Gasteiger partial charge >= 0.3 is 0 Å². The van der Waals surface area contributed by atoms with E-state index in [2.05, 4.69) is 23.3 Å². The first kappa shape index (κ1) is 10.4. The highest BCUT2D eigenvalue weighted by molar-refractivity contribution is 5.91. The van der Waals surface area contributed by atoms with Crippen molar-refractivity contribution in [2.45, 2.75) is 6.54 Å². The van der Waals surface area contributed by atoms with Gasteiger partial charge in [0.1, 0.15) is 6.29 Å². The number of hydrogen-bond donors (Lipinski definition) is 0. The Kier molecular flexibility index (Phi) is 3.01. The van der Waals surface area contributed by atoms with Crippen molar-refractivity contribution in [1.29, 1.82) is 0 Å². The van der Waals surface area contributed by atoms with Crippen LogP contribution in [0.3, 0.4) is 0 Å². The number of nitrogens with zero attached hydrogens (tertiary/aromatic N) is 1. The fourth-order valence-corrected chi connectivity index (χ4v) is 1.84. The molecule has 2 aromatic rings. The van der Waals surface area contributed by atoms with Gasteiger partial charge in [-0.25, -0.2) is 0 Å². The predicted molar refractivity (Wildman–Crippen MR) is 67.2 cm³/mol. The standard InChI is InChI=1S/C14H13NO/c1-2-9-15-11-12(6-5-10-16)13-7-3-4-8-14(13)15/h2-8,10-11H,1,9H2. The summed E-state index contributed by atoms with van der Waals surface area (Å²) >= 11 is 0. The maximum Gasteiger partial charge on any atom is 0.142 e. The van der Waals surface area contributed by atoms with E-state index >= 15 is 0 Å². The zero-order chi connectivity index (χ0) is 11.4. The third-order valence-electron chi connectivity index (χ3n) is 2.50. The van der Waals surface area contributed by atoms with Gasteiger partial charge in [0, 0.05) is 29.2 Å². The number of hydrogen-bond acceptors (Lipinski definition) is 1. The van der Waals surface area contributed by atoms with Crippen molar-refractivity contribution >= 4 is 23.3 Å². The highest BCUT2D eigenvalue weighted by Crippen LogP contribution is 2.22. The lowest BCUT2D eigenvalue weighted by Gasteiger charge is -1.98. The maximum absolute atomic E-state index is 10.3. The Morgan fingerprint density at radius 3 is 2.88 bits per heavy atom. The van der Waals surface area contributed by atoms with E-state index in [1.165, 1.54) is 6.08 Å². The Bertz CT molecular complexity index is 549. The molecule has 0 aliphatic carbocycles. The molecule has 0 aliphatic rings. The average molecular weight is 211 g/mol. The van der Waals surface area contributed by atoms with E-state index in [9.17, 15) is 4.79 Å². The maximum atomic E-state index is 10.3. The van der Waals surface area contributed by atoms with E-state index in [1.807, 2.05) is 30.5 Å². The SMILES string of the molecule is C=CCn1cc(C=CC=O)c2ccccc21. The minimum absolute atomic E-state index is 0.773. The number of allylic oxidation sites excluding steroid dienone is 2. The summed E-state index contributed by atoms with van der Waals surface area (Å²) in [6.07, 6.45) is 8.03. The molecule has 0 saturated heterocycles. The summed E-state index contributed by atoms with van der Waals surface area (Å²) in [5, 5.41) is 1.16. The van der Waals surface area contributed by atoms with E-state index in [0.29, 0.717) is 0 Å². The van der Waals surface area contributed by atoms with Crippen LogP contribution in [0.15, 0.2) is 49.2 Å². The molecule has 1 aromatic heterocycles. The Morgan fingerprint density at radius 2 is 2.12 bits per heavy atom. The smallest absolute Gasteiger partial charge is 0.142 e. The molecular weight excluding hydrogens is 198 g/mol. The van der Waals surface area contributed by atoms with Gasteiger partial charge in [-0.1, -0.05) is 24.3 Å². The zero-order valence-electron chi connectivity index (χ0n) is 8.97. The lowest BCUT2D eigenvalue weighted by molar-refractivity contribution is -0.104. The van der Waals surface area contributed by atoms with Gasteiger partial charge in [-0.2, -0.15) is 0 Å². The van der Waals surface area contributed by atoms with Crippen molar-refractivity contribution in [3.8, 4) is 0 Å². The molecule has 0 amide bonds. The number of aldehydes is 1. The summed E-state index contributed by atoms with van der Waals surface area (Å²) in [5.74, 6) is 0. The Labute approximate surface area is 94.5 Å². The molecule has 0 atom stereocenters. The number of carbonyl (C=O) groups excluding carboxylic acids is 1. The van der Waals surface area contributed by atoms with Crippen LogP contribution in [0.2, 0.25) is 0 Å². The first-order valence-electron chi connectivity index (χ1n) is 5.17. The molecule has 0 bridgehead atoms. The van der Waals surface area contributed by atoms with Crippen molar-refractivity contribution in [2.24, 2.45) is 0 Å². The van der Waals surface area contributed by atoms with Gasteiger partial charge in [0.25, 0.3) is 0 Å². The van der Waals surface area contributed by atoms with E-state index < -0.39 is 0 Å². The van der Waals surface area contributed by atoms with Gasteiger partial charge in [0.15, 0.2) is 0 Å². The van der Waals surface area contributed by atoms with Crippen LogP contribution < -0.4 is 0 Å². The third-order valence-corrected chi connectivity index (χ3v) is 2.50. The van der Waals surface area contributed by atoms with Gasteiger partial charge in [-0.3, -0.25) is 4.79 Å². The Hall–Kier alpha value is -2.09. The number of benzene rings is 1. The van der Waals surface area contributed by atoms with Crippen LogP contribution in [0.25, 0.3) is 17.0 Å². The first-order valence-corrected chi connectivity index (χ1v) is 5.17. The van der Waals surface area contributed by atoms with Gasteiger partial charge in [0.2, 0.25) is 0 Å². The molecule has 0 radical (unpaired) electrons. The van der Waals surface area contributed by atoms with Crippen LogP contribution in [0.5, 0.6) is 0 Å². The molecule has 16 heavy (non-hydrogen) atoms. The quantitative estimate of drug-likeness (QED) is 0.433. The Balaban J connectivity index is 2.61. The lowest BCUT2D eigenvalue weighted by Crippen LogP contribution is -1.90. The molecule has 0 N–H and O–H groups in total. The summed E-state index contributed by atoms with van der Waals surface area (Å²) < 4.78 is 2.12. The number of aromatic nitrogens is 1. The second-order valence-electron chi connectivity index (χ2n) is 3.54. The second kappa shape index (κ2) is 4.62. The topological polar surface area (TPSA) is 22.0 Å². The van der Waals surface area contributed by atoms with Gasteiger partial charge in [-0.15, -0.1) is 6.58 Å². The van der Waals surface area contributed by atoms with E-state index in [-0.39, 0.29) is 0 Å². The fraction of sp³-hybridized carbons (Fsp3) is 0.0714. The van der Waals surface area contributed by atoms with Crippen molar-refractivity contribution in [3.63, 3.8) is 0 Å². The summed E-state index contributed by atoms with van der Waals surface area (Å²) in [5.41, 5.74) is 2.22. The molecule has 0 unspecified atom stereocenters. The molecule has 2 heteroatoms. The highest BCUT2D eigenvalue weighted by atomic mass is 16.1. The molecule has 1 aromatic carbocycles. The number of fused-ring (bicyclic) bond motifs is 1. The normalized spacial score (nSPS) is 11.0. The van der Waals surface area contributed by atoms with Crippen molar-refractivity contribution in [3.05, 3.63) is 54.8 Å². The minimum Gasteiger partial charge on any atom is -0.343 e. The zero-order valence-corrected chi connectivity index (χ0v) is 8.97. The molecule has 2 rings (SSSR count). The monoisotopic (exact) mass is 211 g/mol. The molecule has 0 fully saturated rings. The summed E-state index contributed by atoms with van der Waals surface area (Å²) in [7, 11) is 0. The van der Waals surface area contributed by atoms with Gasteiger partial charge in [0.05, 0.1) is 0 Å². The second-order valence-corrected chi connectivity index (χ2v) is 3.54. The fourth-order valence-electron chi connectivity index (χ4n) is 1.84. The van der Waals surface area contributed by atoms with Crippen LogP contribution in [0.4, 0.5) is 0 Å². The lowest BCUT2D eigenvalue weighted by atomic mass is 10.2. The molecular formula is C14H13NO. The van der Waals surface area contributed by atoms with Gasteiger partial charge in [-0.05, 0) is 18.2 Å². The van der Waals surface area contributed by atoms with Crippen molar-refractivity contribution in [2.75, 3.05) is 0 Å². The molecule has 0 spiro atoms. The van der Waals surface area contributed by atoms with Crippen molar-refractivity contribution in [1.82, 2.24) is 4.57 Å². The van der Waals surface area contributed by atoms with Crippen LogP contribution in [0, 0.1) is 0 Å². The summed E-state index contributed by atoms with van der Waals surface area (Å²) in [6, 6.07) is 8.13. The van der Waals surface area contributed by atoms with E-state index in [0.717, 1.165) is 29.3 Å². The van der Waals surface area contributed by atoms with E-state index in [4.69, 9.17) is 0 Å². The number of para-hydroxylation sites is 1. The molecule has 0 saturated carbocycles. The number of rotatable bonds is 4. The summed E-state index contributed by atoms with van der Waals surface area (Å²) in [4.78, 5) is 10.3. The van der Waals surface area contributed by atoms with Crippen LogP contribution in [0.1, 0.15) is 5.56 Å². The molecule has 0 aliphatic heterocycles. The van der Waals surface area contributed by atoms with Crippen LogP contribution >= 0.6 is 0 Å². The minimum atomic E-state index is 0.773. The predicted octanol–water partition coefficient (Wildman–Crippen LogP) is 3.04. The number of carbonyl (C=O) groups is 1. The molecule has 2 nitrogen and oxygen atoms in total. The highest BCUT2D eigenvalue weighted by Gasteiger charge is 2.03. The van der Waals surface area contributed by atoms with Crippen LogP contribution in [-0.4, -0.2) is 10.9 Å². The average Bonchev–Trinajstić information content (AvgIpc) is 2.66. The Morgan fingerprint density at radius 1 is 1.31 bits per heavy atom. The van der Waals surface area contributed by atoms with Crippen LogP contribution in [-0.2, 0) is 11.3 Å². The van der Waals surface area contributed by atoms with E-state index in [1.54, 1.807) is 0 Å². The van der Waals surface area contributed by atoms with Gasteiger partial charge < -0.3 is 4.57 Å². The summed E-state index contributed by atoms with van der Waals surface area (Å²) in [6.45, 7) is 4.51. The largest absolute Gasteiger partial charge is 0.343 e. The third kappa shape index (κ3) is 1.82.